The number of fused-ring (bicyclic) bond motifs is 1. The van der Waals surface area contributed by atoms with Gasteiger partial charge < -0.3 is 15.0 Å². The van der Waals surface area contributed by atoms with Gasteiger partial charge in [-0.15, -0.1) is 5.10 Å². The number of piperidine rings is 1. The summed E-state index contributed by atoms with van der Waals surface area (Å²) in [5.41, 5.74) is 0.435. The highest BCUT2D eigenvalue weighted by atomic mass is 16.5. The second-order valence-corrected chi connectivity index (χ2v) is 6.64. The molecule has 0 aromatic carbocycles. The summed E-state index contributed by atoms with van der Waals surface area (Å²) in [7, 11) is 0. The number of rotatable bonds is 3. The zero-order chi connectivity index (χ0) is 15.7. The van der Waals surface area contributed by atoms with Gasteiger partial charge in [0.2, 0.25) is 5.91 Å². The van der Waals surface area contributed by atoms with Crippen molar-refractivity contribution in [3.63, 3.8) is 0 Å². The topological polar surface area (TPSA) is 67.3 Å². The van der Waals surface area contributed by atoms with E-state index in [2.05, 4.69) is 20.4 Å². The number of hydrogen-bond donors (Lipinski definition) is 1. The van der Waals surface area contributed by atoms with Gasteiger partial charge in [0.15, 0.2) is 5.82 Å². The smallest absolute Gasteiger partial charge is 0.230 e. The monoisotopic (exact) mass is 304 g/mol. The fourth-order valence-electron chi connectivity index (χ4n) is 3.43. The zero-order valence-electron chi connectivity index (χ0n) is 13.5. The first kappa shape index (κ1) is 15.2. The fourth-order valence-corrected chi connectivity index (χ4v) is 3.43. The molecule has 1 N–H and O–H groups in total. The number of aromatic nitrogens is 2. The maximum absolute atomic E-state index is 12.8. The van der Waals surface area contributed by atoms with Crippen molar-refractivity contribution in [3.05, 3.63) is 17.8 Å². The molecule has 1 aromatic heterocycles. The van der Waals surface area contributed by atoms with Gasteiger partial charge in [-0.2, -0.15) is 5.10 Å². The minimum atomic E-state index is -0.463. The molecule has 6 nitrogen and oxygen atoms in total. The fraction of sp³-hybridized carbons (Fsp3) is 0.688. The summed E-state index contributed by atoms with van der Waals surface area (Å²) >= 11 is 0. The van der Waals surface area contributed by atoms with Gasteiger partial charge in [0, 0.05) is 25.7 Å². The highest BCUT2D eigenvalue weighted by Gasteiger charge is 2.53. The predicted molar refractivity (Wildman–Crippen MR) is 83.7 cm³/mol. The summed E-state index contributed by atoms with van der Waals surface area (Å²) in [5.74, 6) is 0.947. The van der Waals surface area contributed by atoms with E-state index in [4.69, 9.17) is 4.74 Å². The van der Waals surface area contributed by atoms with Gasteiger partial charge in [-0.05, 0) is 45.7 Å². The summed E-state index contributed by atoms with van der Waals surface area (Å²) < 4.78 is 5.84. The Morgan fingerprint density at radius 3 is 2.95 bits per heavy atom. The van der Waals surface area contributed by atoms with Crippen molar-refractivity contribution in [2.75, 3.05) is 24.6 Å². The van der Waals surface area contributed by atoms with Crippen LogP contribution in [0.1, 0.15) is 32.4 Å². The van der Waals surface area contributed by atoms with Crippen LogP contribution in [0.3, 0.4) is 0 Å². The lowest BCUT2D eigenvalue weighted by atomic mass is 9.75. The number of carbonyl (C=O) groups excluding carboxylic acids is 1. The van der Waals surface area contributed by atoms with E-state index >= 15 is 0 Å². The van der Waals surface area contributed by atoms with Crippen molar-refractivity contribution >= 4 is 11.7 Å². The molecule has 0 aliphatic carbocycles. The number of anilines is 1. The van der Waals surface area contributed by atoms with Crippen LogP contribution in [0.4, 0.5) is 5.82 Å². The van der Waals surface area contributed by atoms with Crippen molar-refractivity contribution < 1.29 is 9.53 Å². The largest absolute Gasteiger partial charge is 0.377 e. The van der Waals surface area contributed by atoms with Gasteiger partial charge in [-0.3, -0.25) is 4.79 Å². The highest BCUT2D eigenvalue weighted by Crippen LogP contribution is 2.42. The number of nitrogens with one attached hydrogen (secondary N) is 1. The molecule has 0 radical (unpaired) electrons. The summed E-state index contributed by atoms with van der Waals surface area (Å²) in [6.45, 7) is 8.05. The summed E-state index contributed by atoms with van der Waals surface area (Å²) in [5, 5.41) is 11.5. The van der Waals surface area contributed by atoms with Crippen LogP contribution in [0.15, 0.2) is 12.1 Å². The van der Waals surface area contributed by atoms with Gasteiger partial charge in [-0.1, -0.05) is 0 Å². The average molecular weight is 304 g/mol. The molecule has 3 rings (SSSR count). The minimum absolute atomic E-state index is 0.0147. The number of nitrogens with zero attached hydrogens (tertiary/aromatic N) is 3. The molecule has 22 heavy (non-hydrogen) atoms. The molecule has 3 heterocycles. The summed E-state index contributed by atoms with van der Waals surface area (Å²) in [6, 6.07) is 4.07. The third-order valence-corrected chi connectivity index (χ3v) is 4.60. The second kappa shape index (κ2) is 5.83. The minimum Gasteiger partial charge on any atom is -0.377 e. The van der Waals surface area contributed by atoms with E-state index in [1.54, 1.807) is 0 Å². The molecule has 2 saturated heterocycles. The van der Waals surface area contributed by atoms with E-state index in [-0.39, 0.29) is 18.1 Å². The molecule has 0 unspecified atom stereocenters. The first-order valence-electron chi connectivity index (χ1n) is 7.99. The average Bonchev–Trinajstić information content (AvgIpc) is 2.91. The third kappa shape index (κ3) is 2.67. The van der Waals surface area contributed by atoms with Crippen LogP contribution < -0.4 is 10.2 Å². The lowest BCUT2D eigenvalue weighted by Gasteiger charge is -2.43. The Bertz CT molecular complexity index is 546. The van der Waals surface area contributed by atoms with E-state index in [1.807, 2.05) is 32.9 Å². The van der Waals surface area contributed by atoms with Crippen LogP contribution in [0.5, 0.6) is 0 Å². The van der Waals surface area contributed by atoms with E-state index in [0.717, 1.165) is 30.9 Å². The molecule has 0 spiro atoms. The summed E-state index contributed by atoms with van der Waals surface area (Å²) in [6.07, 6.45) is 1.63. The van der Waals surface area contributed by atoms with Crippen molar-refractivity contribution in [1.29, 1.82) is 0 Å². The second-order valence-electron chi connectivity index (χ2n) is 6.64. The molecule has 2 aliphatic heterocycles. The lowest BCUT2D eigenvalue weighted by Crippen LogP contribution is -2.58. The van der Waals surface area contributed by atoms with E-state index in [0.29, 0.717) is 13.2 Å². The van der Waals surface area contributed by atoms with Gasteiger partial charge in [0.25, 0.3) is 0 Å². The Kier molecular flexibility index (Phi) is 4.04. The Morgan fingerprint density at radius 1 is 1.45 bits per heavy atom. The first-order chi connectivity index (χ1) is 10.5. The van der Waals surface area contributed by atoms with Crippen molar-refractivity contribution in [3.8, 4) is 0 Å². The molecule has 0 saturated carbocycles. The van der Waals surface area contributed by atoms with Crippen LogP contribution >= 0.6 is 0 Å². The van der Waals surface area contributed by atoms with Gasteiger partial charge in [0.1, 0.15) is 0 Å². The van der Waals surface area contributed by atoms with Crippen LogP contribution in [0, 0.1) is 12.3 Å². The number of aryl methyl sites for hydroxylation is 1. The molecule has 6 heteroatoms. The van der Waals surface area contributed by atoms with Crippen LogP contribution in [-0.2, 0) is 9.53 Å². The van der Waals surface area contributed by atoms with Gasteiger partial charge in [-0.25, -0.2) is 0 Å². The molecule has 1 aromatic rings. The Balaban J connectivity index is 1.83. The van der Waals surface area contributed by atoms with E-state index in [1.165, 1.54) is 0 Å². The van der Waals surface area contributed by atoms with E-state index in [9.17, 15) is 4.79 Å². The van der Waals surface area contributed by atoms with Crippen LogP contribution in [-0.4, -0.2) is 47.9 Å². The molecule has 0 bridgehead atoms. The number of amides is 1. The van der Waals surface area contributed by atoms with Crippen molar-refractivity contribution in [2.24, 2.45) is 5.41 Å². The molecular formula is C16H24N4O2. The maximum atomic E-state index is 12.8. The SMILES string of the molecule is Cc1ccc(N2CC[C@H]3OCC[C@@]3(C(=O)NC(C)C)C2)nn1. The standard InChI is InChI=1S/C16H24N4O2/c1-11(2)17-15(21)16-7-9-22-13(16)6-8-20(10-16)14-5-4-12(3)18-19-14/h4-5,11,13H,6-10H2,1-3H3,(H,17,21)/t13-,16-/m1/s1. The molecule has 2 aliphatic rings. The van der Waals surface area contributed by atoms with Crippen LogP contribution in [0.25, 0.3) is 0 Å². The quantitative estimate of drug-likeness (QED) is 0.911. The Labute approximate surface area is 131 Å². The Hall–Kier alpha value is -1.69. The lowest BCUT2D eigenvalue weighted by molar-refractivity contribution is -0.135. The molecule has 2 fully saturated rings. The molecular weight excluding hydrogens is 280 g/mol. The predicted octanol–water partition coefficient (Wildman–Crippen LogP) is 1.30. The highest BCUT2D eigenvalue weighted by molar-refractivity contribution is 5.85. The van der Waals surface area contributed by atoms with Crippen molar-refractivity contribution in [2.45, 2.75) is 45.8 Å². The Morgan fingerprint density at radius 2 is 2.27 bits per heavy atom. The van der Waals surface area contributed by atoms with E-state index < -0.39 is 5.41 Å². The number of carbonyl (C=O) groups is 1. The van der Waals surface area contributed by atoms with Crippen molar-refractivity contribution in [1.82, 2.24) is 15.5 Å². The normalized spacial score (nSPS) is 27.8. The third-order valence-electron chi connectivity index (χ3n) is 4.60. The summed E-state index contributed by atoms with van der Waals surface area (Å²) in [4.78, 5) is 15.0. The first-order valence-corrected chi connectivity index (χ1v) is 7.99. The zero-order valence-corrected chi connectivity index (χ0v) is 13.5. The van der Waals surface area contributed by atoms with Gasteiger partial charge in [0.05, 0.1) is 17.2 Å². The number of ether oxygens (including phenoxy) is 1. The van der Waals surface area contributed by atoms with Gasteiger partial charge >= 0.3 is 0 Å². The maximum Gasteiger partial charge on any atom is 0.230 e. The number of hydrogen-bond acceptors (Lipinski definition) is 5. The molecule has 1 amide bonds. The molecule has 120 valence electrons. The van der Waals surface area contributed by atoms with Crippen LogP contribution in [0.2, 0.25) is 0 Å². The molecule has 2 atom stereocenters.